The van der Waals surface area contributed by atoms with Crippen molar-refractivity contribution in [3.63, 3.8) is 0 Å². The van der Waals surface area contributed by atoms with E-state index in [-0.39, 0.29) is 18.3 Å². The molecule has 1 aliphatic rings. The van der Waals surface area contributed by atoms with E-state index in [2.05, 4.69) is 5.32 Å². The van der Waals surface area contributed by atoms with Gasteiger partial charge < -0.3 is 15.2 Å². The van der Waals surface area contributed by atoms with Crippen molar-refractivity contribution in [3.05, 3.63) is 29.6 Å². The lowest BCUT2D eigenvalue weighted by Gasteiger charge is -2.30. The Hall–Kier alpha value is -1.13. The van der Waals surface area contributed by atoms with E-state index in [0.717, 1.165) is 31.5 Å². The van der Waals surface area contributed by atoms with Gasteiger partial charge in [-0.25, -0.2) is 4.39 Å². The maximum absolute atomic E-state index is 13.4. The van der Waals surface area contributed by atoms with Gasteiger partial charge in [-0.15, -0.1) is 0 Å². The first-order valence-corrected chi connectivity index (χ1v) is 6.41. The molecule has 100 valence electrons. The fraction of sp³-hybridized carbons (Fsp3) is 0.571. The highest BCUT2D eigenvalue weighted by Crippen LogP contribution is 2.36. The van der Waals surface area contributed by atoms with Crippen molar-refractivity contribution in [2.75, 3.05) is 26.8 Å². The van der Waals surface area contributed by atoms with Gasteiger partial charge in [-0.3, -0.25) is 0 Å². The Morgan fingerprint density at radius 1 is 1.44 bits per heavy atom. The highest BCUT2D eigenvalue weighted by Gasteiger charge is 2.27. The molecular weight excluding hydrogens is 233 g/mol. The summed E-state index contributed by atoms with van der Waals surface area (Å²) in [6.07, 6.45) is 2.01. The number of piperidine rings is 1. The predicted octanol–water partition coefficient (Wildman–Crippen LogP) is 1.91. The number of hydrogen-bond donors (Lipinski definition) is 2. The lowest BCUT2D eigenvalue weighted by Crippen LogP contribution is -2.32. The normalized spacial score (nSPS) is 18.6. The molecule has 0 bridgehead atoms. The molecular formula is C14H20FNO2. The van der Waals surface area contributed by atoms with Crippen LogP contribution in [0.15, 0.2) is 18.2 Å². The lowest BCUT2D eigenvalue weighted by atomic mass is 9.80. The molecule has 1 atom stereocenters. The van der Waals surface area contributed by atoms with Gasteiger partial charge in [-0.05, 0) is 50.0 Å². The fourth-order valence-corrected chi connectivity index (χ4v) is 2.74. The highest BCUT2D eigenvalue weighted by atomic mass is 19.1. The second-order valence-corrected chi connectivity index (χ2v) is 4.76. The number of ether oxygens (including phenoxy) is 1. The Morgan fingerprint density at radius 3 is 2.78 bits per heavy atom. The van der Waals surface area contributed by atoms with Gasteiger partial charge in [0.1, 0.15) is 11.6 Å². The Kier molecular flexibility index (Phi) is 4.55. The zero-order valence-electron chi connectivity index (χ0n) is 10.7. The summed E-state index contributed by atoms with van der Waals surface area (Å²) in [6.45, 7) is 1.95. The molecule has 1 aromatic rings. The van der Waals surface area contributed by atoms with Gasteiger partial charge in [0.2, 0.25) is 0 Å². The molecule has 1 fully saturated rings. The molecule has 1 saturated heterocycles. The average molecular weight is 253 g/mol. The van der Waals surface area contributed by atoms with E-state index in [4.69, 9.17) is 4.74 Å². The van der Waals surface area contributed by atoms with Gasteiger partial charge in [0, 0.05) is 11.5 Å². The largest absolute Gasteiger partial charge is 0.496 e. The number of halogens is 1. The molecule has 1 aliphatic heterocycles. The van der Waals surface area contributed by atoms with E-state index in [0.29, 0.717) is 11.7 Å². The van der Waals surface area contributed by atoms with E-state index in [1.807, 2.05) is 0 Å². The van der Waals surface area contributed by atoms with Crippen LogP contribution in [0, 0.1) is 11.7 Å². The molecule has 0 aliphatic carbocycles. The van der Waals surface area contributed by atoms with Crippen LogP contribution in [0.5, 0.6) is 5.75 Å². The van der Waals surface area contributed by atoms with Crippen LogP contribution in [-0.4, -0.2) is 31.9 Å². The molecule has 2 N–H and O–H groups in total. The predicted molar refractivity (Wildman–Crippen MR) is 68.4 cm³/mol. The van der Waals surface area contributed by atoms with Crippen LogP contribution in [0.1, 0.15) is 24.3 Å². The van der Waals surface area contributed by atoms with Crippen molar-refractivity contribution in [1.29, 1.82) is 0 Å². The van der Waals surface area contributed by atoms with E-state index in [9.17, 15) is 9.50 Å². The standard InChI is InChI=1S/C14H20FNO2/c1-18-14-3-2-11(15)8-12(14)13(9-17)10-4-6-16-7-5-10/h2-3,8,10,13,16-17H,4-7,9H2,1H3. The Balaban J connectivity index is 2.27. The van der Waals surface area contributed by atoms with Gasteiger partial charge in [-0.1, -0.05) is 0 Å². The van der Waals surface area contributed by atoms with Gasteiger partial charge in [0.15, 0.2) is 0 Å². The van der Waals surface area contributed by atoms with E-state index < -0.39 is 0 Å². The Labute approximate surface area is 107 Å². The van der Waals surface area contributed by atoms with Crippen molar-refractivity contribution in [2.45, 2.75) is 18.8 Å². The molecule has 1 unspecified atom stereocenters. The maximum atomic E-state index is 13.4. The maximum Gasteiger partial charge on any atom is 0.123 e. The van der Waals surface area contributed by atoms with Gasteiger partial charge in [0.05, 0.1) is 13.7 Å². The summed E-state index contributed by atoms with van der Waals surface area (Å²) >= 11 is 0. The number of hydrogen-bond acceptors (Lipinski definition) is 3. The van der Waals surface area contributed by atoms with Crippen LogP contribution in [-0.2, 0) is 0 Å². The van der Waals surface area contributed by atoms with Crippen molar-refractivity contribution >= 4 is 0 Å². The minimum Gasteiger partial charge on any atom is -0.496 e. The third-order valence-corrected chi connectivity index (χ3v) is 3.74. The van der Waals surface area contributed by atoms with Crippen molar-refractivity contribution in [2.24, 2.45) is 5.92 Å². The first-order valence-electron chi connectivity index (χ1n) is 6.41. The fourth-order valence-electron chi connectivity index (χ4n) is 2.74. The minimum atomic E-state index is -0.279. The highest BCUT2D eigenvalue weighted by molar-refractivity contribution is 5.37. The van der Waals surface area contributed by atoms with Crippen LogP contribution in [0.2, 0.25) is 0 Å². The first-order chi connectivity index (χ1) is 8.76. The lowest BCUT2D eigenvalue weighted by molar-refractivity contribution is 0.198. The Morgan fingerprint density at radius 2 is 2.17 bits per heavy atom. The van der Waals surface area contributed by atoms with Gasteiger partial charge >= 0.3 is 0 Å². The van der Waals surface area contributed by atoms with Crippen LogP contribution >= 0.6 is 0 Å². The molecule has 0 amide bonds. The summed E-state index contributed by atoms with van der Waals surface area (Å²) in [5, 5.41) is 12.9. The molecule has 0 saturated carbocycles. The summed E-state index contributed by atoms with van der Waals surface area (Å²) in [7, 11) is 1.58. The van der Waals surface area contributed by atoms with Crippen molar-refractivity contribution in [3.8, 4) is 5.75 Å². The zero-order chi connectivity index (χ0) is 13.0. The second kappa shape index (κ2) is 6.16. The van der Waals surface area contributed by atoms with Crippen molar-refractivity contribution in [1.82, 2.24) is 5.32 Å². The van der Waals surface area contributed by atoms with E-state index in [1.54, 1.807) is 13.2 Å². The number of aliphatic hydroxyl groups is 1. The summed E-state index contributed by atoms with van der Waals surface area (Å²) < 4.78 is 18.7. The summed E-state index contributed by atoms with van der Waals surface area (Å²) in [5.74, 6) is 0.719. The molecule has 3 nitrogen and oxygen atoms in total. The van der Waals surface area contributed by atoms with E-state index in [1.165, 1.54) is 12.1 Å². The van der Waals surface area contributed by atoms with Gasteiger partial charge in [0.25, 0.3) is 0 Å². The number of methoxy groups -OCH3 is 1. The molecule has 4 heteroatoms. The number of nitrogens with one attached hydrogen (secondary N) is 1. The summed E-state index contributed by atoms with van der Waals surface area (Å²) in [5.41, 5.74) is 0.784. The monoisotopic (exact) mass is 253 g/mol. The molecule has 0 aromatic heterocycles. The van der Waals surface area contributed by atoms with Crippen LogP contribution < -0.4 is 10.1 Å². The third kappa shape index (κ3) is 2.82. The molecule has 18 heavy (non-hydrogen) atoms. The second-order valence-electron chi connectivity index (χ2n) is 4.76. The van der Waals surface area contributed by atoms with Crippen LogP contribution in [0.3, 0.4) is 0 Å². The quantitative estimate of drug-likeness (QED) is 0.861. The summed E-state index contributed by atoms with van der Waals surface area (Å²) in [6, 6.07) is 4.51. The molecule has 2 rings (SSSR count). The average Bonchev–Trinajstić information content (AvgIpc) is 2.41. The number of aliphatic hydroxyl groups excluding tert-OH is 1. The van der Waals surface area contributed by atoms with E-state index >= 15 is 0 Å². The van der Waals surface area contributed by atoms with Crippen LogP contribution in [0.25, 0.3) is 0 Å². The third-order valence-electron chi connectivity index (χ3n) is 3.74. The SMILES string of the molecule is COc1ccc(F)cc1C(CO)C1CCNCC1. The van der Waals surface area contributed by atoms with Gasteiger partial charge in [-0.2, -0.15) is 0 Å². The molecule has 1 heterocycles. The summed E-state index contributed by atoms with van der Waals surface area (Å²) in [4.78, 5) is 0. The molecule has 1 aromatic carbocycles. The molecule has 0 spiro atoms. The zero-order valence-corrected chi connectivity index (χ0v) is 10.7. The molecule has 0 radical (unpaired) electrons. The minimum absolute atomic E-state index is 0.0322. The van der Waals surface area contributed by atoms with Crippen LogP contribution in [0.4, 0.5) is 4.39 Å². The van der Waals surface area contributed by atoms with Crippen molar-refractivity contribution < 1.29 is 14.2 Å². The topological polar surface area (TPSA) is 41.5 Å². The Bertz CT molecular complexity index is 391. The smallest absolute Gasteiger partial charge is 0.123 e. The first kappa shape index (κ1) is 13.3. The number of benzene rings is 1. The number of rotatable bonds is 4.